The van der Waals surface area contributed by atoms with Crippen LogP contribution in [0.25, 0.3) is 11.0 Å². The average Bonchev–Trinajstić information content (AvgIpc) is 3.04. The molecule has 0 saturated carbocycles. The molecule has 2 aromatic rings. The van der Waals surface area contributed by atoms with Crippen LogP contribution in [0.2, 0.25) is 0 Å². The largest absolute Gasteiger partial charge is 0.378 e. The number of aromatic nitrogens is 4. The second kappa shape index (κ2) is 5.13. The summed E-state index contributed by atoms with van der Waals surface area (Å²) >= 11 is 0. The summed E-state index contributed by atoms with van der Waals surface area (Å²) in [6.45, 7) is 6.16. The van der Waals surface area contributed by atoms with Gasteiger partial charge in [0, 0.05) is 19.1 Å². The fourth-order valence-corrected chi connectivity index (χ4v) is 2.74. The van der Waals surface area contributed by atoms with Crippen molar-refractivity contribution in [1.29, 1.82) is 0 Å². The molecule has 0 bridgehead atoms. The Balaban J connectivity index is 1.70. The lowest BCUT2D eigenvalue weighted by Crippen LogP contribution is -2.28. The first-order chi connectivity index (χ1) is 9.25. The number of fused-ring (bicyclic) bond motifs is 1. The molecule has 3 heterocycles. The van der Waals surface area contributed by atoms with E-state index < -0.39 is 0 Å². The van der Waals surface area contributed by atoms with Gasteiger partial charge in [0.2, 0.25) is 0 Å². The molecule has 0 unspecified atom stereocenters. The number of rotatable bonds is 4. The highest BCUT2D eigenvalue weighted by atomic mass is 16.5. The minimum atomic E-state index is 0.342. The topological polar surface area (TPSA) is 75.7 Å². The normalized spacial score (nSPS) is 23.3. The van der Waals surface area contributed by atoms with Crippen LogP contribution in [0.5, 0.6) is 0 Å². The van der Waals surface area contributed by atoms with E-state index in [2.05, 4.69) is 39.3 Å². The zero-order valence-corrected chi connectivity index (χ0v) is 11.3. The van der Waals surface area contributed by atoms with Crippen LogP contribution in [0.4, 0.5) is 5.82 Å². The van der Waals surface area contributed by atoms with Crippen LogP contribution in [0.3, 0.4) is 0 Å². The zero-order valence-electron chi connectivity index (χ0n) is 11.3. The maximum absolute atomic E-state index is 5.80. The molecule has 0 radical (unpaired) electrons. The van der Waals surface area contributed by atoms with E-state index in [0.29, 0.717) is 17.9 Å². The molecule has 0 spiro atoms. The molecule has 1 aliphatic heterocycles. The molecule has 2 atom stereocenters. The first kappa shape index (κ1) is 12.3. The number of nitrogens with zero attached hydrogens (tertiary/aromatic N) is 3. The number of hydrogen-bond acceptors (Lipinski definition) is 5. The van der Waals surface area contributed by atoms with Crippen molar-refractivity contribution < 1.29 is 4.74 Å². The van der Waals surface area contributed by atoms with Gasteiger partial charge in [-0.05, 0) is 12.3 Å². The second-order valence-corrected chi connectivity index (χ2v) is 5.36. The Morgan fingerprint density at radius 2 is 2.37 bits per heavy atom. The average molecular weight is 261 g/mol. The Bertz CT molecular complexity index is 553. The van der Waals surface area contributed by atoms with Gasteiger partial charge in [-0.15, -0.1) is 0 Å². The van der Waals surface area contributed by atoms with Crippen LogP contribution in [-0.4, -0.2) is 39.4 Å². The Morgan fingerprint density at radius 3 is 3.21 bits per heavy atom. The van der Waals surface area contributed by atoms with E-state index in [0.717, 1.165) is 36.4 Å². The highest BCUT2D eigenvalue weighted by molar-refractivity contribution is 5.85. The predicted molar refractivity (Wildman–Crippen MR) is 72.9 cm³/mol. The highest BCUT2D eigenvalue weighted by Gasteiger charge is 2.30. The minimum absolute atomic E-state index is 0.342. The summed E-state index contributed by atoms with van der Waals surface area (Å²) in [7, 11) is 0. The van der Waals surface area contributed by atoms with Gasteiger partial charge in [0.25, 0.3) is 0 Å². The van der Waals surface area contributed by atoms with Crippen LogP contribution >= 0.6 is 0 Å². The number of hydrogen-bond donors (Lipinski definition) is 2. The highest BCUT2D eigenvalue weighted by Crippen LogP contribution is 2.27. The van der Waals surface area contributed by atoms with Crippen LogP contribution in [0.1, 0.15) is 20.3 Å². The maximum Gasteiger partial charge on any atom is 0.160 e. The van der Waals surface area contributed by atoms with Crippen molar-refractivity contribution in [2.24, 2.45) is 11.8 Å². The molecular weight excluding hydrogens is 242 g/mol. The number of ether oxygens (including phenoxy) is 1. The third-order valence-electron chi connectivity index (χ3n) is 3.70. The molecule has 6 heteroatoms. The van der Waals surface area contributed by atoms with Gasteiger partial charge >= 0.3 is 0 Å². The summed E-state index contributed by atoms with van der Waals surface area (Å²) in [5, 5.41) is 11.2. The third-order valence-corrected chi connectivity index (χ3v) is 3.70. The molecule has 0 aromatic carbocycles. The summed E-state index contributed by atoms with van der Waals surface area (Å²) in [5.41, 5.74) is 0.764. The van der Waals surface area contributed by atoms with Gasteiger partial charge in [-0.1, -0.05) is 13.8 Å². The van der Waals surface area contributed by atoms with E-state index >= 15 is 0 Å². The fraction of sp³-hybridized carbons (Fsp3) is 0.615. The molecule has 1 fully saturated rings. The summed E-state index contributed by atoms with van der Waals surface area (Å²) in [6.07, 6.45) is 4.75. The molecule has 2 N–H and O–H groups in total. The molecular formula is C13H19N5O. The number of H-pyrrole nitrogens is 1. The van der Waals surface area contributed by atoms with Crippen molar-refractivity contribution in [2.45, 2.75) is 26.4 Å². The van der Waals surface area contributed by atoms with Crippen molar-refractivity contribution in [1.82, 2.24) is 20.2 Å². The minimum Gasteiger partial charge on any atom is -0.378 e. The Kier molecular flexibility index (Phi) is 3.33. The van der Waals surface area contributed by atoms with Gasteiger partial charge in [-0.25, -0.2) is 9.97 Å². The molecule has 6 nitrogen and oxygen atoms in total. The summed E-state index contributed by atoms with van der Waals surface area (Å²) in [4.78, 5) is 8.42. The van der Waals surface area contributed by atoms with Gasteiger partial charge < -0.3 is 10.1 Å². The van der Waals surface area contributed by atoms with Gasteiger partial charge in [0.1, 0.15) is 12.1 Å². The van der Waals surface area contributed by atoms with E-state index in [9.17, 15) is 0 Å². The van der Waals surface area contributed by atoms with Gasteiger partial charge in [0.15, 0.2) is 5.65 Å². The van der Waals surface area contributed by atoms with Crippen molar-refractivity contribution >= 4 is 16.9 Å². The van der Waals surface area contributed by atoms with E-state index in [4.69, 9.17) is 4.74 Å². The first-order valence-corrected chi connectivity index (χ1v) is 6.75. The molecule has 0 amide bonds. The predicted octanol–water partition coefficient (Wildman–Crippen LogP) is 1.83. The molecule has 19 heavy (non-hydrogen) atoms. The van der Waals surface area contributed by atoms with Crippen LogP contribution < -0.4 is 5.32 Å². The van der Waals surface area contributed by atoms with E-state index in [-0.39, 0.29) is 0 Å². The lowest BCUT2D eigenvalue weighted by Gasteiger charge is -2.22. The SMILES string of the molecule is CC(C)[C@H]1OCC[C@@H]1CNc1ncnc2[nH]ncc12. The van der Waals surface area contributed by atoms with Crippen LogP contribution in [-0.2, 0) is 4.74 Å². The maximum atomic E-state index is 5.80. The summed E-state index contributed by atoms with van der Waals surface area (Å²) in [6, 6.07) is 0. The van der Waals surface area contributed by atoms with Gasteiger partial charge in [-0.3, -0.25) is 5.10 Å². The second-order valence-electron chi connectivity index (χ2n) is 5.36. The number of anilines is 1. The summed E-state index contributed by atoms with van der Waals surface area (Å²) < 4.78 is 5.80. The molecule has 1 aliphatic rings. The molecule has 1 saturated heterocycles. The van der Waals surface area contributed by atoms with Gasteiger partial charge in [0.05, 0.1) is 17.7 Å². The van der Waals surface area contributed by atoms with Crippen molar-refractivity contribution in [3.63, 3.8) is 0 Å². The van der Waals surface area contributed by atoms with Crippen molar-refractivity contribution in [3.8, 4) is 0 Å². The van der Waals surface area contributed by atoms with Crippen LogP contribution in [0, 0.1) is 11.8 Å². The molecule has 3 rings (SSSR count). The number of nitrogens with one attached hydrogen (secondary N) is 2. The van der Waals surface area contributed by atoms with Crippen molar-refractivity contribution in [2.75, 3.05) is 18.5 Å². The van der Waals surface area contributed by atoms with E-state index in [1.807, 2.05) is 0 Å². The standard InChI is InChI=1S/C13H19N5O/c1-8(2)11-9(3-4-19-11)5-14-12-10-6-17-18-13(10)16-7-15-12/h6-9,11H,3-5H2,1-2H3,(H2,14,15,16,17,18)/t9-,11-/m1/s1. The van der Waals surface area contributed by atoms with Gasteiger partial charge in [-0.2, -0.15) is 5.10 Å². The van der Waals surface area contributed by atoms with Crippen molar-refractivity contribution in [3.05, 3.63) is 12.5 Å². The monoisotopic (exact) mass is 261 g/mol. The quantitative estimate of drug-likeness (QED) is 0.878. The molecule has 102 valence electrons. The Morgan fingerprint density at radius 1 is 1.47 bits per heavy atom. The van der Waals surface area contributed by atoms with E-state index in [1.165, 1.54) is 0 Å². The Hall–Kier alpha value is -1.69. The zero-order chi connectivity index (χ0) is 13.2. The molecule has 0 aliphatic carbocycles. The fourth-order valence-electron chi connectivity index (χ4n) is 2.74. The summed E-state index contributed by atoms with van der Waals surface area (Å²) in [5.74, 6) is 1.93. The smallest absolute Gasteiger partial charge is 0.160 e. The lowest BCUT2D eigenvalue weighted by molar-refractivity contribution is 0.0566. The van der Waals surface area contributed by atoms with E-state index in [1.54, 1.807) is 12.5 Å². The van der Waals surface area contributed by atoms with Crippen LogP contribution in [0.15, 0.2) is 12.5 Å². The third kappa shape index (κ3) is 2.40. The lowest BCUT2D eigenvalue weighted by atomic mass is 9.93. The Labute approximate surface area is 112 Å². The molecule has 2 aromatic heterocycles. The number of aromatic amines is 1. The first-order valence-electron chi connectivity index (χ1n) is 6.75.